The number of thiol groups is 1. The normalized spacial score (nSPS) is 11.3. The van der Waals surface area contributed by atoms with Crippen LogP contribution in [0, 0.1) is 10.1 Å². The maximum absolute atomic E-state index is 10.7. The number of para-hydroxylation sites is 1. The summed E-state index contributed by atoms with van der Waals surface area (Å²) in [7, 11) is -4.59. The van der Waals surface area contributed by atoms with Crippen molar-refractivity contribution in [2.75, 3.05) is 0 Å². The Morgan fingerprint density at radius 2 is 2.00 bits per heavy atom. The summed E-state index contributed by atoms with van der Waals surface area (Å²) in [5, 5.41) is 10.5. The molecule has 0 bridgehead atoms. The molecule has 0 heterocycles. The van der Waals surface area contributed by atoms with E-state index in [-0.39, 0.29) is 4.90 Å². The van der Waals surface area contributed by atoms with E-state index in [1.807, 2.05) is 0 Å². The predicted molar refractivity (Wildman–Crippen MR) is 50.2 cm³/mol. The lowest BCUT2D eigenvalue weighted by Gasteiger charge is -2.00. The summed E-state index contributed by atoms with van der Waals surface area (Å²) in [4.78, 5) is 8.68. The summed E-state index contributed by atoms with van der Waals surface area (Å²) in [5.41, 5.74) is -0.724. The summed E-state index contributed by atoms with van der Waals surface area (Å²) < 4.78 is 30.1. The largest absolute Gasteiger partial charge is 0.303 e. The molecule has 0 spiro atoms. The van der Waals surface area contributed by atoms with Gasteiger partial charge in [0.05, 0.1) is 9.82 Å². The molecule has 1 N–H and O–H groups in total. The van der Waals surface area contributed by atoms with Crippen molar-refractivity contribution in [2.45, 2.75) is 9.79 Å². The second-order valence-electron chi connectivity index (χ2n) is 2.36. The first kappa shape index (κ1) is 11.0. The number of hydrogen-bond donors (Lipinski definition) is 2. The molecule has 0 amide bonds. The van der Waals surface area contributed by atoms with E-state index in [4.69, 9.17) is 4.55 Å². The summed E-state index contributed by atoms with van der Waals surface area (Å²) in [5.74, 6) is 0. The van der Waals surface area contributed by atoms with Gasteiger partial charge in [0.1, 0.15) is 0 Å². The number of hydrogen-bond acceptors (Lipinski definition) is 5. The number of nitro benzene ring substituents is 1. The van der Waals surface area contributed by atoms with Gasteiger partial charge in [-0.25, -0.2) is 0 Å². The Balaban J connectivity index is 3.61. The van der Waals surface area contributed by atoms with Crippen LogP contribution in [-0.4, -0.2) is 17.9 Å². The average Bonchev–Trinajstić information content (AvgIpc) is 2.01. The molecular weight excluding hydrogens is 230 g/mol. The van der Waals surface area contributed by atoms with E-state index in [0.717, 1.165) is 6.07 Å². The fraction of sp³-hybridized carbons (Fsp3) is 0. The minimum atomic E-state index is -4.59. The van der Waals surface area contributed by atoms with Gasteiger partial charge >= 0.3 is 15.8 Å². The van der Waals surface area contributed by atoms with Crippen LogP contribution in [0.3, 0.4) is 0 Å². The first-order valence-corrected chi connectivity index (χ1v) is 5.16. The summed E-state index contributed by atoms with van der Waals surface area (Å²) >= 11 is 3.72. The zero-order valence-corrected chi connectivity index (χ0v) is 8.33. The molecule has 0 aliphatic heterocycles. The van der Waals surface area contributed by atoms with E-state index in [0.29, 0.717) is 0 Å². The topological polar surface area (TPSA) is 97.5 Å². The number of rotatable bonds is 2. The minimum absolute atomic E-state index is 0.120. The van der Waals surface area contributed by atoms with E-state index in [2.05, 4.69) is 12.6 Å². The summed E-state index contributed by atoms with van der Waals surface area (Å²) in [6.07, 6.45) is 0. The van der Waals surface area contributed by atoms with E-state index in [1.165, 1.54) is 12.1 Å². The monoisotopic (exact) mass is 235 g/mol. The van der Waals surface area contributed by atoms with Crippen molar-refractivity contribution in [3.8, 4) is 0 Å². The van der Waals surface area contributed by atoms with Gasteiger partial charge in [0, 0.05) is 0 Å². The Kier molecular flexibility index (Phi) is 2.79. The molecule has 0 aliphatic carbocycles. The van der Waals surface area contributed by atoms with Gasteiger partial charge in [-0.1, -0.05) is 6.07 Å². The van der Waals surface area contributed by atoms with E-state index in [9.17, 15) is 18.5 Å². The van der Waals surface area contributed by atoms with Gasteiger partial charge in [-0.2, -0.15) is 8.42 Å². The van der Waals surface area contributed by atoms with Crippen molar-refractivity contribution < 1.29 is 17.9 Å². The zero-order valence-electron chi connectivity index (χ0n) is 6.61. The number of nitrogens with zero attached hydrogens (tertiary/aromatic N) is 1. The molecular formula is C6H5NO5S2. The van der Waals surface area contributed by atoms with Crippen molar-refractivity contribution in [3.05, 3.63) is 28.3 Å². The predicted octanol–water partition coefficient (Wildman–Crippen LogP) is 1.13. The molecule has 1 aromatic carbocycles. The minimum Gasteiger partial charge on any atom is -0.282 e. The molecule has 76 valence electrons. The lowest BCUT2D eigenvalue weighted by Crippen LogP contribution is -2.03. The van der Waals surface area contributed by atoms with E-state index >= 15 is 0 Å². The van der Waals surface area contributed by atoms with Crippen LogP contribution in [0.4, 0.5) is 5.69 Å². The third kappa shape index (κ3) is 2.03. The fourth-order valence-corrected chi connectivity index (χ4v) is 1.95. The first-order valence-electron chi connectivity index (χ1n) is 3.28. The Bertz CT molecular complexity index is 481. The lowest BCUT2D eigenvalue weighted by molar-refractivity contribution is -0.390. The van der Waals surface area contributed by atoms with E-state index < -0.39 is 25.6 Å². The summed E-state index contributed by atoms with van der Waals surface area (Å²) in [6, 6.07) is 3.45. The molecule has 0 fully saturated rings. The van der Waals surface area contributed by atoms with Crippen LogP contribution in [0.2, 0.25) is 0 Å². The number of benzene rings is 1. The Labute approximate surface area is 84.9 Å². The van der Waals surface area contributed by atoms with Crippen LogP contribution in [-0.2, 0) is 10.1 Å². The highest BCUT2D eigenvalue weighted by Gasteiger charge is 2.25. The van der Waals surface area contributed by atoms with Crippen molar-refractivity contribution in [2.24, 2.45) is 0 Å². The van der Waals surface area contributed by atoms with Crippen LogP contribution >= 0.6 is 12.6 Å². The molecule has 0 aliphatic rings. The smallest absolute Gasteiger partial charge is 0.282 e. The Morgan fingerprint density at radius 1 is 1.43 bits per heavy atom. The molecule has 0 saturated carbocycles. The van der Waals surface area contributed by atoms with Crippen LogP contribution in [0.15, 0.2) is 28.0 Å². The Morgan fingerprint density at radius 3 is 2.36 bits per heavy atom. The quantitative estimate of drug-likeness (QED) is 0.346. The zero-order chi connectivity index (χ0) is 10.9. The molecule has 0 atom stereocenters. The van der Waals surface area contributed by atoms with Gasteiger partial charge in [0.15, 0.2) is 4.90 Å². The molecule has 8 heteroatoms. The molecule has 0 aromatic heterocycles. The third-order valence-electron chi connectivity index (χ3n) is 1.44. The van der Waals surface area contributed by atoms with Crippen LogP contribution in [0.1, 0.15) is 0 Å². The molecule has 0 radical (unpaired) electrons. The van der Waals surface area contributed by atoms with Crippen molar-refractivity contribution in [1.82, 2.24) is 0 Å². The summed E-state index contributed by atoms with van der Waals surface area (Å²) in [6.45, 7) is 0. The van der Waals surface area contributed by atoms with Crippen LogP contribution in [0.25, 0.3) is 0 Å². The van der Waals surface area contributed by atoms with Gasteiger partial charge in [-0.05, 0) is 12.1 Å². The fourth-order valence-electron chi connectivity index (χ4n) is 0.902. The van der Waals surface area contributed by atoms with Gasteiger partial charge in [0.2, 0.25) is 0 Å². The highest BCUT2D eigenvalue weighted by atomic mass is 32.2. The Hall–Kier alpha value is -1.12. The van der Waals surface area contributed by atoms with Gasteiger partial charge in [0.25, 0.3) is 0 Å². The number of nitro groups is 1. The first-order chi connectivity index (χ1) is 6.34. The maximum atomic E-state index is 10.7. The molecule has 0 saturated heterocycles. The maximum Gasteiger partial charge on any atom is 0.303 e. The van der Waals surface area contributed by atoms with Crippen molar-refractivity contribution in [1.29, 1.82) is 0 Å². The van der Waals surface area contributed by atoms with Crippen LogP contribution in [0.5, 0.6) is 0 Å². The van der Waals surface area contributed by atoms with Gasteiger partial charge in [-0.15, -0.1) is 12.6 Å². The third-order valence-corrected chi connectivity index (χ3v) is 2.68. The highest BCUT2D eigenvalue weighted by molar-refractivity contribution is 7.86. The lowest BCUT2D eigenvalue weighted by atomic mass is 10.3. The second-order valence-corrected chi connectivity index (χ2v) is 4.23. The van der Waals surface area contributed by atoms with E-state index in [1.54, 1.807) is 0 Å². The van der Waals surface area contributed by atoms with Crippen molar-refractivity contribution >= 4 is 28.4 Å². The highest BCUT2D eigenvalue weighted by Crippen LogP contribution is 2.29. The average molecular weight is 235 g/mol. The van der Waals surface area contributed by atoms with Crippen LogP contribution < -0.4 is 0 Å². The SMILES string of the molecule is O=[N+]([O-])c1c(S)cccc1S(=O)(=O)O. The van der Waals surface area contributed by atoms with Gasteiger partial charge in [-0.3, -0.25) is 14.7 Å². The second kappa shape index (κ2) is 3.56. The molecule has 14 heavy (non-hydrogen) atoms. The standard InChI is InChI=1S/C6H5NO5S2/c8-7(9)6-4(13)2-1-3-5(6)14(10,11)12/h1-3,13H,(H,10,11,12). The molecule has 0 unspecified atom stereocenters. The molecule has 1 aromatic rings. The molecule has 6 nitrogen and oxygen atoms in total. The van der Waals surface area contributed by atoms with Gasteiger partial charge < -0.3 is 0 Å². The molecule has 1 rings (SSSR count). The van der Waals surface area contributed by atoms with Crippen molar-refractivity contribution in [3.63, 3.8) is 0 Å².